The van der Waals surface area contributed by atoms with Gasteiger partial charge in [0.25, 0.3) is 0 Å². The van der Waals surface area contributed by atoms with Gasteiger partial charge in [0, 0.05) is 10.5 Å². The second-order valence-corrected chi connectivity index (χ2v) is 7.09. The topological polar surface area (TPSA) is 44.8 Å². The Bertz CT molecular complexity index is 582. The van der Waals surface area contributed by atoms with Gasteiger partial charge in [0.2, 0.25) is 0 Å². The summed E-state index contributed by atoms with van der Waals surface area (Å²) in [5, 5.41) is -0.129. The quantitative estimate of drug-likeness (QED) is 0.801. The van der Waals surface area contributed by atoms with Gasteiger partial charge >= 0.3 is 5.97 Å². The summed E-state index contributed by atoms with van der Waals surface area (Å²) >= 11 is 1.62. The molecule has 0 bridgehead atoms. The van der Waals surface area contributed by atoms with E-state index in [0.717, 1.165) is 4.90 Å². The molecule has 0 N–H and O–H groups in total. The number of carbonyl (C=O) groups excluding carboxylic acids is 1. The Labute approximate surface area is 134 Å². The molecule has 0 amide bonds. The molecule has 0 radical (unpaired) electrons. The summed E-state index contributed by atoms with van der Waals surface area (Å²) in [5.41, 5.74) is 0.666. The molecule has 22 heavy (non-hydrogen) atoms. The molecule has 3 atom stereocenters. The third-order valence-corrected chi connectivity index (χ3v) is 5.14. The number of fused-ring (bicyclic) bond motifs is 1. The van der Waals surface area contributed by atoms with E-state index in [0.29, 0.717) is 12.0 Å². The number of carbonyl (C=O) groups is 1. The maximum Gasteiger partial charge on any atom is 0.334 e. The average molecular weight is 320 g/mol. The van der Waals surface area contributed by atoms with Gasteiger partial charge in [0.15, 0.2) is 5.79 Å². The second kappa shape index (κ2) is 6.07. The van der Waals surface area contributed by atoms with Crippen molar-refractivity contribution in [3.05, 3.63) is 42.0 Å². The summed E-state index contributed by atoms with van der Waals surface area (Å²) in [6.07, 6.45) is 2.42. The molecule has 0 saturated carbocycles. The molecule has 0 spiro atoms. The molecule has 1 fully saturated rings. The predicted molar refractivity (Wildman–Crippen MR) is 84.6 cm³/mol. The highest BCUT2D eigenvalue weighted by Gasteiger charge is 2.49. The molecule has 1 aromatic rings. The van der Waals surface area contributed by atoms with E-state index in [1.165, 1.54) is 7.11 Å². The Morgan fingerprint density at radius 2 is 2.00 bits per heavy atom. The summed E-state index contributed by atoms with van der Waals surface area (Å²) in [5.74, 6) is -0.912. The monoisotopic (exact) mass is 320 g/mol. The molecule has 2 aliphatic rings. The molecule has 1 aromatic carbocycles. The van der Waals surface area contributed by atoms with Gasteiger partial charge < -0.3 is 14.2 Å². The lowest BCUT2D eigenvalue weighted by molar-refractivity contribution is -0.146. The standard InChI is InChI=1S/C17H20O4S/c1-17(2)20-13-10-9-12(16(18)19-3)15(14(13)21-17)22-11-7-5-4-6-8-11/h4-9,13-15H,10H2,1-3H3/t13-,14-,15+/m0/s1. The first-order valence-corrected chi connectivity index (χ1v) is 8.24. The van der Waals surface area contributed by atoms with Gasteiger partial charge in [-0.2, -0.15) is 0 Å². The lowest BCUT2D eigenvalue weighted by Gasteiger charge is -2.30. The minimum atomic E-state index is -0.621. The average Bonchev–Trinajstić information content (AvgIpc) is 2.82. The van der Waals surface area contributed by atoms with Crippen molar-refractivity contribution >= 4 is 17.7 Å². The van der Waals surface area contributed by atoms with Crippen LogP contribution in [0.25, 0.3) is 0 Å². The van der Waals surface area contributed by atoms with Gasteiger partial charge in [0.05, 0.1) is 18.5 Å². The van der Waals surface area contributed by atoms with Crippen molar-refractivity contribution in [2.24, 2.45) is 0 Å². The smallest absolute Gasteiger partial charge is 0.334 e. The minimum absolute atomic E-state index is 0.0235. The first-order chi connectivity index (χ1) is 10.5. The van der Waals surface area contributed by atoms with Crippen LogP contribution in [0, 0.1) is 0 Å². The number of ether oxygens (including phenoxy) is 3. The van der Waals surface area contributed by atoms with Crippen molar-refractivity contribution in [1.29, 1.82) is 0 Å². The van der Waals surface area contributed by atoms with Crippen molar-refractivity contribution in [3.63, 3.8) is 0 Å². The summed E-state index contributed by atoms with van der Waals surface area (Å²) < 4.78 is 17.0. The highest BCUT2D eigenvalue weighted by atomic mass is 32.2. The second-order valence-electron chi connectivity index (χ2n) is 5.88. The molecule has 1 aliphatic carbocycles. The minimum Gasteiger partial charge on any atom is -0.466 e. The largest absolute Gasteiger partial charge is 0.466 e. The van der Waals surface area contributed by atoms with Gasteiger partial charge in [-0.05, 0) is 32.4 Å². The van der Waals surface area contributed by atoms with Crippen LogP contribution < -0.4 is 0 Å². The van der Waals surface area contributed by atoms with Crippen molar-refractivity contribution in [2.45, 2.75) is 48.4 Å². The highest BCUT2D eigenvalue weighted by molar-refractivity contribution is 8.00. The highest BCUT2D eigenvalue weighted by Crippen LogP contribution is 2.43. The van der Waals surface area contributed by atoms with E-state index in [4.69, 9.17) is 14.2 Å². The van der Waals surface area contributed by atoms with E-state index in [2.05, 4.69) is 0 Å². The number of methoxy groups -OCH3 is 1. The Morgan fingerprint density at radius 1 is 1.27 bits per heavy atom. The van der Waals surface area contributed by atoms with E-state index in [9.17, 15) is 4.79 Å². The molecule has 3 rings (SSSR count). The number of esters is 1. The fourth-order valence-electron chi connectivity index (χ4n) is 2.93. The van der Waals surface area contributed by atoms with Crippen molar-refractivity contribution in [2.75, 3.05) is 7.11 Å². The molecule has 1 heterocycles. The number of thioether (sulfide) groups is 1. The van der Waals surface area contributed by atoms with Gasteiger partial charge in [0.1, 0.15) is 6.10 Å². The van der Waals surface area contributed by atoms with Crippen LogP contribution >= 0.6 is 11.8 Å². The fraction of sp³-hybridized carbons (Fsp3) is 0.471. The van der Waals surface area contributed by atoms with Crippen LogP contribution in [0.4, 0.5) is 0 Å². The Balaban J connectivity index is 1.90. The lowest BCUT2D eigenvalue weighted by Crippen LogP contribution is -2.40. The predicted octanol–water partition coefficient (Wildman–Crippen LogP) is 3.17. The summed E-state index contributed by atoms with van der Waals surface area (Å²) in [6, 6.07) is 10.0. The lowest BCUT2D eigenvalue weighted by atomic mass is 9.94. The third kappa shape index (κ3) is 3.07. The van der Waals surface area contributed by atoms with Crippen molar-refractivity contribution in [1.82, 2.24) is 0 Å². The summed E-state index contributed by atoms with van der Waals surface area (Å²) in [6.45, 7) is 3.82. The summed E-state index contributed by atoms with van der Waals surface area (Å²) in [4.78, 5) is 13.2. The number of rotatable bonds is 3. The number of benzene rings is 1. The number of hydrogen-bond acceptors (Lipinski definition) is 5. The van der Waals surface area contributed by atoms with Crippen LogP contribution in [0.1, 0.15) is 20.3 Å². The van der Waals surface area contributed by atoms with Crippen molar-refractivity contribution < 1.29 is 19.0 Å². The van der Waals surface area contributed by atoms with Crippen LogP contribution in [0.15, 0.2) is 46.9 Å². The van der Waals surface area contributed by atoms with Crippen LogP contribution in [0.2, 0.25) is 0 Å². The van der Waals surface area contributed by atoms with E-state index in [-0.39, 0.29) is 23.4 Å². The molecule has 4 nitrogen and oxygen atoms in total. The molecular weight excluding hydrogens is 300 g/mol. The van der Waals surface area contributed by atoms with Crippen LogP contribution in [-0.4, -0.2) is 36.3 Å². The molecule has 1 aliphatic heterocycles. The van der Waals surface area contributed by atoms with E-state index < -0.39 is 5.79 Å². The van der Waals surface area contributed by atoms with Crippen LogP contribution in [0.5, 0.6) is 0 Å². The zero-order chi connectivity index (χ0) is 15.7. The zero-order valence-electron chi connectivity index (χ0n) is 12.9. The molecule has 0 unspecified atom stereocenters. The zero-order valence-corrected chi connectivity index (χ0v) is 13.8. The normalized spacial score (nSPS) is 29.6. The Hall–Kier alpha value is -1.30. The van der Waals surface area contributed by atoms with Gasteiger partial charge in [-0.3, -0.25) is 0 Å². The van der Waals surface area contributed by atoms with E-state index in [1.807, 2.05) is 50.3 Å². The molecule has 0 aromatic heterocycles. The first kappa shape index (κ1) is 15.6. The van der Waals surface area contributed by atoms with Gasteiger partial charge in [-0.15, -0.1) is 11.8 Å². The molecule has 1 saturated heterocycles. The molecule has 118 valence electrons. The number of hydrogen-bond donors (Lipinski definition) is 0. The van der Waals surface area contributed by atoms with Crippen LogP contribution in [-0.2, 0) is 19.0 Å². The SMILES string of the molecule is COC(=O)C1=CC[C@@H]2OC(C)(C)O[C@@H]2[C@@H]1Sc1ccccc1. The Kier molecular flexibility index (Phi) is 4.30. The first-order valence-electron chi connectivity index (χ1n) is 7.36. The van der Waals surface area contributed by atoms with Gasteiger partial charge in [-0.1, -0.05) is 24.3 Å². The van der Waals surface area contributed by atoms with E-state index >= 15 is 0 Å². The molecular formula is C17H20O4S. The van der Waals surface area contributed by atoms with Gasteiger partial charge in [-0.25, -0.2) is 4.79 Å². The van der Waals surface area contributed by atoms with Crippen molar-refractivity contribution in [3.8, 4) is 0 Å². The summed E-state index contributed by atoms with van der Waals surface area (Å²) in [7, 11) is 1.41. The maximum absolute atomic E-state index is 12.1. The molecule has 5 heteroatoms. The Morgan fingerprint density at radius 3 is 2.68 bits per heavy atom. The third-order valence-electron chi connectivity index (χ3n) is 3.82. The maximum atomic E-state index is 12.1. The van der Waals surface area contributed by atoms with Crippen LogP contribution in [0.3, 0.4) is 0 Å². The fourth-order valence-corrected chi connectivity index (χ4v) is 4.22. The van der Waals surface area contributed by atoms with E-state index in [1.54, 1.807) is 11.8 Å².